The molecular weight excluding hydrogens is 500 g/mol. The van der Waals surface area contributed by atoms with E-state index in [1.807, 2.05) is 26.0 Å². The van der Waals surface area contributed by atoms with Gasteiger partial charge in [-0.25, -0.2) is 0 Å². The van der Waals surface area contributed by atoms with Crippen molar-refractivity contribution in [3.05, 3.63) is 67.8 Å². The van der Waals surface area contributed by atoms with Crippen molar-refractivity contribution in [3.8, 4) is 6.07 Å². The number of hydrogen-bond donors (Lipinski definition) is 0. The zero-order chi connectivity index (χ0) is 26.5. The smallest absolute Gasteiger partial charge is 0.270 e. The Labute approximate surface area is 229 Å². The van der Waals surface area contributed by atoms with Gasteiger partial charge in [-0.3, -0.25) is 19.1 Å². The maximum atomic E-state index is 13.5. The van der Waals surface area contributed by atoms with E-state index in [2.05, 4.69) is 42.2 Å². The number of hydrogen-bond acceptors (Lipinski definition) is 6. The first-order valence-corrected chi connectivity index (χ1v) is 14.3. The van der Waals surface area contributed by atoms with Crippen LogP contribution in [0.4, 0.5) is 5.82 Å². The Balaban J connectivity index is 1.75. The lowest BCUT2D eigenvalue weighted by molar-refractivity contribution is -0.121. The zero-order valence-electron chi connectivity index (χ0n) is 21.8. The molecule has 1 aromatic carbocycles. The van der Waals surface area contributed by atoms with Gasteiger partial charge in [0.1, 0.15) is 21.8 Å². The topological polar surface area (TPSA) is 69.3 Å². The number of aromatic nitrogens is 1. The van der Waals surface area contributed by atoms with E-state index in [-0.39, 0.29) is 17.0 Å². The molecular formula is C29H34N4O2S2. The molecule has 2 fully saturated rings. The van der Waals surface area contributed by atoms with Crippen LogP contribution in [0.15, 0.2) is 40.0 Å². The summed E-state index contributed by atoms with van der Waals surface area (Å²) in [4.78, 5) is 31.0. The fourth-order valence-corrected chi connectivity index (χ4v) is 6.57. The van der Waals surface area contributed by atoms with Crippen molar-refractivity contribution < 1.29 is 4.79 Å². The molecule has 8 heteroatoms. The Bertz CT molecular complexity index is 1300. The zero-order valence-corrected chi connectivity index (χ0v) is 23.5. The summed E-state index contributed by atoms with van der Waals surface area (Å²) < 4.78 is 2.32. The highest BCUT2D eigenvalue weighted by Crippen LogP contribution is 2.37. The van der Waals surface area contributed by atoms with Gasteiger partial charge in [-0.05, 0) is 62.7 Å². The first-order chi connectivity index (χ1) is 17.9. The third-order valence-corrected chi connectivity index (χ3v) is 8.71. The van der Waals surface area contributed by atoms with E-state index in [4.69, 9.17) is 12.2 Å². The van der Waals surface area contributed by atoms with Gasteiger partial charge in [0.2, 0.25) is 0 Å². The number of pyridine rings is 1. The first-order valence-electron chi connectivity index (χ1n) is 13.1. The van der Waals surface area contributed by atoms with Crippen LogP contribution < -0.4 is 10.5 Å². The van der Waals surface area contributed by atoms with Crippen LogP contribution in [0.3, 0.4) is 0 Å². The van der Waals surface area contributed by atoms with E-state index in [0.29, 0.717) is 33.8 Å². The fourth-order valence-electron chi connectivity index (χ4n) is 5.21. The number of nitriles is 1. The number of carbonyl (C=O) groups is 1. The van der Waals surface area contributed by atoms with Crippen LogP contribution in [-0.4, -0.2) is 39.3 Å². The molecule has 2 saturated heterocycles. The van der Waals surface area contributed by atoms with Crippen LogP contribution >= 0.6 is 24.0 Å². The number of rotatable bonds is 8. The number of amides is 1. The molecule has 6 nitrogen and oxygen atoms in total. The number of anilines is 1. The molecule has 2 aliphatic rings. The van der Waals surface area contributed by atoms with Crippen LogP contribution in [0.25, 0.3) is 6.08 Å². The number of nitrogens with zero attached hydrogens (tertiary/aromatic N) is 4. The summed E-state index contributed by atoms with van der Waals surface area (Å²) in [6, 6.07) is 12.7. The molecule has 0 unspecified atom stereocenters. The predicted molar refractivity (Wildman–Crippen MR) is 156 cm³/mol. The average molecular weight is 535 g/mol. The molecule has 4 rings (SSSR count). The standard InChI is InChI=1S/C29H34N4O2S2/c1-4-6-14-33-26(31-15-12-22(13-16-31)17-21-10-8-7-9-11-21)23(20(3)24(19-30)27(33)34)18-25-28(35)32(5-2)29(36)37-25/h7-11,18,22H,4-6,12-17H2,1-3H3/b25-18+. The summed E-state index contributed by atoms with van der Waals surface area (Å²) in [6.45, 7) is 8.53. The Morgan fingerprint density at radius 2 is 1.86 bits per heavy atom. The summed E-state index contributed by atoms with van der Waals surface area (Å²) in [6.07, 6.45) is 6.73. The average Bonchev–Trinajstić information content (AvgIpc) is 3.18. The SMILES string of the molecule is CCCCn1c(N2CCC(Cc3ccccc3)CC2)c(/C=C2/SC(=S)N(CC)C2=O)c(C)c(C#N)c1=O. The first kappa shape index (κ1) is 27.2. The van der Waals surface area contributed by atoms with Gasteiger partial charge in [0.25, 0.3) is 11.5 Å². The fraction of sp³-hybridized carbons (Fsp3) is 0.448. The largest absolute Gasteiger partial charge is 0.357 e. The lowest BCUT2D eigenvalue weighted by Gasteiger charge is -2.36. The summed E-state index contributed by atoms with van der Waals surface area (Å²) in [5, 5.41) is 9.89. The molecule has 0 spiro atoms. The minimum Gasteiger partial charge on any atom is -0.357 e. The van der Waals surface area contributed by atoms with Crippen molar-refractivity contribution in [2.24, 2.45) is 5.92 Å². The Morgan fingerprint density at radius 1 is 1.16 bits per heavy atom. The second kappa shape index (κ2) is 12.1. The number of unbranched alkanes of at least 4 members (excludes halogenated alkanes) is 1. The van der Waals surface area contributed by atoms with Crippen molar-refractivity contribution in [1.29, 1.82) is 5.26 Å². The lowest BCUT2D eigenvalue weighted by Crippen LogP contribution is -2.40. The highest BCUT2D eigenvalue weighted by atomic mass is 32.2. The van der Waals surface area contributed by atoms with Crippen LogP contribution in [0.1, 0.15) is 61.8 Å². The number of carbonyl (C=O) groups excluding carboxylic acids is 1. The van der Waals surface area contributed by atoms with Gasteiger partial charge in [-0.1, -0.05) is 67.7 Å². The van der Waals surface area contributed by atoms with Crippen molar-refractivity contribution >= 4 is 46.1 Å². The lowest BCUT2D eigenvalue weighted by atomic mass is 9.90. The monoisotopic (exact) mass is 534 g/mol. The highest BCUT2D eigenvalue weighted by molar-refractivity contribution is 8.26. The predicted octanol–water partition coefficient (Wildman–Crippen LogP) is 5.51. The molecule has 0 bridgehead atoms. The van der Waals surface area contributed by atoms with E-state index in [9.17, 15) is 14.9 Å². The maximum Gasteiger partial charge on any atom is 0.270 e. The van der Waals surface area contributed by atoms with Crippen molar-refractivity contribution in [2.75, 3.05) is 24.5 Å². The second-order valence-electron chi connectivity index (χ2n) is 9.71. The van der Waals surface area contributed by atoms with Gasteiger partial charge >= 0.3 is 0 Å². The maximum absolute atomic E-state index is 13.5. The summed E-state index contributed by atoms with van der Waals surface area (Å²) in [5.74, 6) is 1.29. The van der Waals surface area contributed by atoms with E-state index < -0.39 is 0 Å². The molecule has 37 heavy (non-hydrogen) atoms. The molecule has 2 aliphatic heterocycles. The second-order valence-corrected chi connectivity index (χ2v) is 11.4. The summed E-state index contributed by atoms with van der Waals surface area (Å²) in [7, 11) is 0. The third-order valence-electron chi connectivity index (χ3n) is 7.33. The summed E-state index contributed by atoms with van der Waals surface area (Å²) >= 11 is 6.72. The molecule has 1 amide bonds. The molecule has 2 aromatic rings. The molecule has 0 radical (unpaired) electrons. The van der Waals surface area contributed by atoms with Gasteiger partial charge in [-0.2, -0.15) is 5.26 Å². The minimum absolute atomic E-state index is 0.116. The Hall–Kier alpha value is -2.89. The quantitative estimate of drug-likeness (QED) is 0.329. The minimum atomic E-state index is -0.242. The number of thiocarbonyl (C=S) groups is 1. The number of likely N-dealkylation sites (N-methyl/N-ethyl adjacent to an activating group) is 1. The van der Waals surface area contributed by atoms with Gasteiger partial charge in [0, 0.05) is 31.7 Å². The molecule has 0 saturated carbocycles. The van der Waals surface area contributed by atoms with Crippen LogP contribution in [0.5, 0.6) is 0 Å². The molecule has 194 valence electrons. The van der Waals surface area contributed by atoms with Gasteiger partial charge in [-0.15, -0.1) is 0 Å². The Kier molecular flexibility index (Phi) is 8.88. The van der Waals surface area contributed by atoms with E-state index in [0.717, 1.165) is 56.6 Å². The molecule has 1 aromatic heterocycles. The third kappa shape index (κ3) is 5.68. The van der Waals surface area contributed by atoms with Gasteiger partial charge < -0.3 is 4.90 Å². The summed E-state index contributed by atoms with van der Waals surface area (Å²) in [5.41, 5.74) is 2.67. The van der Waals surface area contributed by atoms with Crippen LogP contribution in [0.2, 0.25) is 0 Å². The van der Waals surface area contributed by atoms with Crippen molar-refractivity contribution in [1.82, 2.24) is 9.47 Å². The number of piperidine rings is 1. The molecule has 0 N–H and O–H groups in total. The van der Waals surface area contributed by atoms with Crippen LogP contribution in [0, 0.1) is 24.2 Å². The van der Waals surface area contributed by atoms with Gasteiger partial charge in [0.15, 0.2) is 0 Å². The number of thioether (sulfide) groups is 1. The van der Waals surface area contributed by atoms with E-state index >= 15 is 0 Å². The molecule has 0 atom stereocenters. The van der Waals surface area contributed by atoms with Crippen molar-refractivity contribution in [2.45, 2.75) is 59.4 Å². The normalized spacial score (nSPS) is 17.6. The number of benzene rings is 1. The van der Waals surface area contributed by atoms with E-state index in [1.54, 1.807) is 9.47 Å². The van der Waals surface area contributed by atoms with Crippen molar-refractivity contribution in [3.63, 3.8) is 0 Å². The Morgan fingerprint density at radius 3 is 2.46 bits per heavy atom. The molecule has 0 aliphatic carbocycles. The van der Waals surface area contributed by atoms with Gasteiger partial charge in [0.05, 0.1) is 4.91 Å². The highest BCUT2D eigenvalue weighted by Gasteiger charge is 2.33. The molecule has 3 heterocycles. The van der Waals surface area contributed by atoms with E-state index in [1.165, 1.54) is 17.3 Å². The van der Waals surface area contributed by atoms with Crippen LogP contribution in [-0.2, 0) is 17.8 Å².